The molecule has 0 radical (unpaired) electrons. The van der Waals surface area contributed by atoms with Gasteiger partial charge in [0.25, 0.3) is 0 Å². The minimum absolute atomic E-state index is 0.615. The van der Waals surface area contributed by atoms with Crippen molar-refractivity contribution in [3.63, 3.8) is 0 Å². The number of aryl methyl sites for hydroxylation is 1. The maximum atomic E-state index is 5.81. The monoisotopic (exact) mass is 196 g/mol. The number of halogens is 1. The molecule has 0 spiro atoms. The van der Waals surface area contributed by atoms with Gasteiger partial charge in [0.15, 0.2) is 0 Å². The summed E-state index contributed by atoms with van der Waals surface area (Å²) in [4.78, 5) is 0. The van der Waals surface area contributed by atoms with Gasteiger partial charge in [-0.05, 0) is 29.3 Å². The highest BCUT2D eigenvalue weighted by atomic mass is 35.5. The maximum Gasteiger partial charge on any atom is 0.0488 e. The fourth-order valence-electron chi connectivity index (χ4n) is 1.30. The van der Waals surface area contributed by atoms with E-state index in [-0.39, 0.29) is 0 Å². The predicted molar refractivity (Wildman–Crippen MR) is 56.1 cm³/mol. The van der Waals surface area contributed by atoms with Gasteiger partial charge in [-0.1, -0.05) is 17.7 Å². The molecule has 12 heavy (non-hydrogen) atoms. The topological polar surface area (TPSA) is 0 Å². The Morgan fingerprint density at radius 3 is 3.00 bits per heavy atom. The third kappa shape index (κ3) is 1.23. The Hall–Kier alpha value is -0.530. The number of hydrogen-bond donors (Lipinski definition) is 0. The first kappa shape index (κ1) is 8.09. The third-order valence-electron chi connectivity index (χ3n) is 1.95. The average Bonchev–Trinajstić information content (AvgIpc) is 2.46. The zero-order chi connectivity index (χ0) is 8.55. The number of alkyl halides is 1. The SMILES string of the molecule is Cc1ccc2scc(CCl)c2c1. The molecule has 1 heterocycles. The van der Waals surface area contributed by atoms with Crippen LogP contribution in [0.3, 0.4) is 0 Å². The van der Waals surface area contributed by atoms with Gasteiger partial charge in [-0.15, -0.1) is 22.9 Å². The van der Waals surface area contributed by atoms with Crippen molar-refractivity contribution in [2.24, 2.45) is 0 Å². The van der Waals surface area contributed by atoms with Crippen molar-refractivity contribution in [3.8, 4) is 0 Å². The minimum atomic E-state index is 0.615. The fraction of sp³-hybridized carbons (Fsp3) is 0.200. The zero-order valence-corrected chi connectivity index (χ0v) is 8.38. The molecule has 62 valence electrons. The molecule has 2 aromatic rings. The molecule has 0 aliphatic carbocycles. The molecule has 0 saturated carbocycles. The summed E-state index contributed by atoms with van der Waals surface area (Å²) < 4.78 is 1.33. The van der Waals surface area contributed by atoms with E-state index in [1.165, 1.54) is 21.2 Å². The van der Waals surface area contributed by atoms with Gasteiger partial charge in [0, 0.05) is 10.6 Å². The third-order valence-corrected chi connectivity index (χ3v) is 3.25. The van der Waals surface area contributed by atoms with Gasteiger partial charge in [-0.2, -0.15) is 0 Å². The molecule has 0 saturated heterocycles. The number of thiophene rings is 1. The summed E-state index contributed by atoms with van der Waals surface area (Å²) in [6, 6.07) is 6.49. The highest BCUT2D eigenvalue weighted by Gasteiger charge is 2.01. The minimum Gasteiger partial charge on any atom is -0.143 e. The van der Waals surface area contributed by atoms with Crippen LogP contribution in [-0.4, -0.2) is 0 Å². The molecule has 0 fully saturated rings. The van der Waals surface area contributed by atoms with E-state index in [0.717, 1.165) is 0 Å². The fourth-order valence-corrected chi connectivity index (χ4v) is 2.55. The molecule has 0 N–H and O–H groups in total. The van der Waals surface area contributed by atoms with E-state index >= 15 is 0 Å². The molecule has 0 bridgehead atoms. The first-order valence-corrected chi connectivity index (χ1v) is 5.25. The predicted octanol–water partition coefficient (Wildman–Crippen LogP) is 3.95. The van der Waals surface area contributed by atoms with Crippen LogP contribution in [0.4, 0.5) is 0 Å². The first-order chi connectivity index (χ1) is 5.81. The number of rotatable bonds is 1. The lowest BCUT2D eigenvalue weighted by atomic mass is 10.1. The molecular weight excluding hydrogens is 188 g/mol. The van der Waals surface area contributed by atoms with Crippen LogP contribution in [0.1, 0.15) is 11.1 Å². The number of fused-ring (bicyclic) bond motifs is 1. The molecule has 0 unspecified atom stereocenters. The number of benzene rings is 1. The summed E-state index contributed by atoms with van der Waals surface area (Å²) in [6.45, 7) is 2.11. The van der Waals surface area contributed by atoms with Crippen molar-refractivity contribution in [2.75, 3.05) is 0 Å². The van der Waals surface area contributed by atoms with E-state index < -0.39 is 0 Å². The Balaban J connectivity index is 2.75. The summed E-state index contributed by atoms with van der Waals surface area (Å²) in [5, 5.41) is 3.45. The van der Waals surface area contributed by atoms with Gasteiger partial charge < -0.3 is 0 Å². The maximum absolute atomic E-state index is 5.81. The normalized spacial score (nSPS) is 10.8. The van der Waals surface area contributed by atoms with E-state index in [1.807, 2.05) is 0 Å². The van der Waals surface area contributed by atoms with Crippen LogP contribution < -0.4 is 0 Å². The smallest absolute Gasteiger partial charge is 0.0488 e. The summed E-state index contributed by atoms with van der Waals surface area (Å²) in [6.07, 6.45) is 0. The largest absolute Gasteiger partial charge is 0.143 e. The Morgan fingerprint density at radius 1 is 1.42 bits per heavy atom. The highest BCUT2D eigenvalue weighted by molar-refractivity contribution is 7.17. The van der Waals surface area contributed by atoms with E-state index in [9.17, 15) is 0 Å². The molecule has 2 rings (SSSR count). The molecule has 0 amide bonds. The van der Waals surface area contributed by atoms with E-state index in [2.05, 4.69) is 30.5 Å². The van der Waals surface area contributed by atoms with Crippen LogP contribution >= 0.6 is 22.9 Å². The van der Waals surface area contributed by atoms with E-state index in [0.29, 0.717) is 5.88 Å². The molecular formula is C10H9ClS. The zero-order valence-electron chi connectivity index (χ0n) is 6.80. The van der Waals surface area contributed by atoms with Gasteiger partial charge in [-0.3, -0.25) is 0 Å². The van der Waals surface area contributed by atoms with Crippen LogP contribution in [0.2, 0.25) is 0 Å². The molecule has 0 aliphatic rings. The van der Waals surface area contributed by atoms with Crippen molar-refractivity contribution in [2.45, 2.75) is 12.8 Å². The van der Waals surface area contributed by atoms with Gasteiger partial charge in [0.05, 0.1) is 0 Å². The molecule has 1 aromatic carbocycles. The Labute approximate surface area is 80.8 Å². The molecule has 2 heteroatoms. The summed E-state index contributed by atoms with van der Waals surface area (Å²) in [5.74, 6) is 0.615. The van der Waals surface area contributed by atoms with Crippen LogP contribution in [0, 0.1) is 6.92 Å². The lowest BCUT2D eigenvalue weighted by Crippen LogP contribution is -1.74. The lowest BCUT2D eigenvalue weighted by Gasteiger charge is -1.94. The molecule has 0 nitrogen and oxygen atoms in total. The Bertz CT molecular complexity index is 403. The van der Waals surface area contributed by atoms with Gasteiger partial charge in [-0.25, -0.2) is 0 Å². The van der Waals surface area contributed by atoms with Crippen molar-refractivity contribution < 1.29 is 0 Å². The number of hydrogen-bond acceptors (Lipinski definition) is 1. The quantitative estimate of drug-likeness (QED) is 0.606. The van der Waals surface area contributed by atoms with Crippen LogP contribution in [-0.2, 0) is 5.88 Å². The molecule has 1 aromatic heterocycles. The Kier molecular flexibility index (Phi) is 2.07. The van der Waals surface area contributed by atoms with Crippen molar-refractivity contribution >= 4 is 33.0 Å². The average molecular weight is 197 g/mol. The van der Waals surface area contributed by atoms with Crippen LogP contribution in [0.25, 0.3) is 10.1 Å². The summed E-state index contributed by atoms with van der Waals surface area (Å²) in [5.41, 5.74) is 2.55. The molecule has 0 aliphatic heterocycles. The van der Waals surface area contributed by atoms with Crippen molar-refractivity contribution in [1.82, 2.24) is 0 Å². The van der Waals surface area contributed by atoms with E-state index in [4.69, 9.17) is 11.6 Å². The second kappa shape index (κ2) is 3.08. The first-order valence-electron chi connectivity index (χ1n) is 3.84. The van der Waals surface area contributed by atoms with Gasteiger partial charge >= 0.3 is 0 Å². The van der Waals surface area contributed by atoms with Crippen LogP contribution in [0.15, 0.2) is 23.6 Å². The lowest BCUT2D eigenvalue weighted by molar-refractivity contribution is 1.46. The summed E-state index contributed by atoms with van der Waals surface area (Å²) >= 11 is 7.57. The summed E-state index contributed by atoms with van der Waals surface area (Å²) in [7, 11) is 0. The molecule has 0 atom stereocenters. The standard InChI is InChI=1S/C10H9ClS/c1-7-2-3-10-9(4-7)8(5-11)6-12-10/h2-4,6H,5H2,1H3. The van der Waals surface area contributed by atoms with Crippen molar-refractivity contribution in [1.29, 1.82) is 0 Å². The van der Waals surface area contributed by atoms with Gasteiger partial charge in [0.2, 0.25) is 0 Å². The Morgan fingerprint density at radius 2 is 2.25 bits per heavy atom. The second-order valence-corrected chi connectivity index (χ2v) is 4.07. The van der Waals surface area contributed by atoms with E-state index in [1.54, 1.807) is 11.3 Å². The second-order valence-electron chi connectivity index (χ2n) is 2.89. The van der Waals surface area contributed by atoms with Crippen molar-refractivity contribution in [3.05, 3.63) is 34.7 Å². The van der Waals surface area contributed by atoms with Crippen LogP contribution in [0.5, 0.6) is 0 Å². The van der Waals surface area contributed by atoms with Gasteiger partial charge in [0.1, 0.15) is 0 Å². The highest BCUT2D eigenvalue weighted by Crippen LogP contribution is 2.27.